The fraction of sp³-hybridized carbons (Fsp3) is 0.0833. The van der Waals surface area contributed by atoms with Gasteiger partial charge < -0.3 is 4.90 Å². The van der Waals surface area contributed by atoms with Crippen LogP contribution in [0.5, 0.6) is 0 Å². The van der Waals surface area contributed by atoms with E-state index >= 15 is 0 Å². The van der Waals surface area contributed by atoms with Gasteiger partial charge in [0, 0.05) is 22.5 Å². The highest BCUT2D eigenvalue weighted by Crippen LogP contribution is 2.37. The SMILES string of the molecule is Cc1ccc(N(C2=CC(=N)C(=N)c3ccccc32)c2ccc(C)cc2)cc1. The topological polar surface area (TPSA) is 50.9 Å². The zero-order valence-corrected chi connectivity index (χ0v) is 15.5. The summed E-state index contributed by atoms with van der Waals surface area (Å²) >= 11 is 0. The van der Waals surface area contributed by atoms with Crippen molar-refractivity contribution in [1.29, 1.82) is 10.8 Å². The van der Waals surface area contributed by atoms with E-state index in [9.17, 15) is 0 Å². The molecule has 0 bridgehead atoms. The van der Waals surface area contributed by atoms with Crippen LogP contribution in [-0.4, -0.2) is 11.4 Å². The average molecular weight is 351 g/mol. The molecule has 0 saturated heterocycles. The second kappa shape index (κ2) is 6.69. The molecule has 3 heteroatoms. The van der Waals surface area contributed by atoms with E-state index in [1.165, 1.54) is 11.1 Å². The van der Waals surface area contributed by atoms with Crippen LogP contribution in [0.3, 0.4) is 0 Å². The third-order valence-electron chi connectivity index (χ3n) is 4.85. The van der Waals surface area contributed by atoms with Crippen molar-refractivity contribution < 1.29 is 0 Å². The first-order chi connectivity index (χ1) is 13.0. The van der Waals surface area contributed by atoms with Gasteiger partial charge in [0.25, 0.3) is 0 Å². The van der Waals surface area contributed by atoms with Gasteiger partial charge in [0.2, 0.25) is 0 Å². The standard InChI is InChI=1S/C24H21N3/c1-16-7-11-18(12-8-16)27(19-13-9-17(2)10-14-19)23-15-22(25)24(26)21-6-4-3-5-20(21)23/h3-15,25-26H,1-2H3. The van der Waals surface area contributed by atoms with Crippen molar-refractivity contribution in [3.05, 3.63) is 101 Å². The molecule has 0 amide bonds. The van der Waals surface area contributed by atoms with Gasteiger partial charge in [0.05, 0.1) is 17.1 Å². The van der Waals surface area contributed by atoms with Gasteiger partial charge in [-0.15, -0.1) is 0 Å². The molecule has 0 heterocycles. The first-order valence-electron chi connectivity index (χ1n) is 8.97. The minimum atomic E-state index is 0.230. The van der Waals surface area contributed by atoms with Crippen LogP contribution in [0.1, 0.15) is 22.3 Å². The van der Waals surface area contributed by atoms with Crippen LogP contribution in [0.2, 0.25) is 0 Å². The fourth-order valence-electron chi connectivity index (χ4n) is 3.36. The van der Waals surface area contributed by atoms with Crippen LogP contribution < -0.4 is 4.90 Å². The summed E-state index contributed by atoms with van der Waals surface area (Å²) in [7, 11) is 0. The van der Waals surface area contributed by atoms with Gasteiger partial charge in [-0.2, -0.15) is 0 Å². The molecule has 0 aromatic heterocycles. The van der Waals surface area contributed by atoms with Gasteiger partial charge in [-0.25, -0.2) is 0 Å². The van der Waals surface area contributed by atoms with E-state index in [2.05, 4.69) is 67.3 Å². The predicted octanol–water partition coefficient (Wildman–Crippen LogP) is 5.88. The zero-order chi connectivity index (χ0) is 19.0. The Labute approximate surface area is 159 Å². The molecule has 3 aromatic carbocycles. The highest BCUT2D eigenvalue weighted by atomic mass is 15.2. The average Bonchev–Trinajstić information content (AvgIpc) is 2.69. The number of nitrogens with zero attached hydrogens (tertiary/aromatic N) is 1. The summed E-state index contributed by atoms with van der Waals surface area (Å²) in [5, 5.41) is 16.6. The lowest BCUT2D eigenvalue weighted by Gasteiger charge is -2.31. The molecular weight excluding hydrogens is 330 g/mol. The molecule has 132 valence electrons. The van der Waals surface area contributed by atoms with Crippen molar-refractivity contribution in [1.82, 2.24) is 0 Å². The molecule has 0 radical (unpaired) electrons. The minimum absolute atomic E-state index is 0.230. The second-order valence-corrected chi connectivity index (χ2v) is 6.87. The molecule has 3 aromatic rings. The number of hydrogen-bond donors (Lipinski definition) is 2. The lowest BCUT2D eigenvalue weighted by atomic mass is 9.90. The molecule has 0 spiro atoms. The normalized spacial score (nSPS) is 13.2. The predicted molar refractivity (Wildman–Crippen MR) is 113 cm³/mol. The van der Waals surface area contributed by atoms with Gasteiger partial charge in [0.1, 0.15) is 0 Å². The molecule has 3 nitrogen and oxygen atoms in total. The summed E-state index contributed by atoms with van der Waals surface area (Å²) in [6, 6.07) is 24.6. The summed E-state index contributed by atoms with van der Waals surface area (Å²) in [5.74, 6) is 0. The Morgan fingerprint density at radius 2 is 1.11 bits per heavy atom. The molecule has 4 rings (SSSR count). The van der Waals surface area contributed by atoms with E-state index in [-0.39, 0.29) is 11.4 Å². The Kier molecular flexibility index (Phi) is 4.21. The lowest BCUT2D eigenvalue weighted by molar-refractivity contribution is 1.27. The Balaban J connectivity index is 1.94. The Morgan fingerprint density at radius 3 is 1.63 bits per heavy atom. The Morgan fingerprint density at radius 1 is 0.630 bits per heavy atom. The molecule has 0 aliphatic heterocycles. The Hall–Kier alpha value is -3.46. The van der Waals surface area contributed by atoms with E-state index in [1.807, 2.05) is 24.3 Å². The Bertz CT molecular complexity index is 1010. The monoisotopic (exact) mass is 351 g/mol. The smallest absolute Gasteiger partial charge is 0.0869 e. The molecule has 1 aliphatic carbocycles. The molecule has 0 atom stereocenters. The maximum Gasteiger partial charge on any atom is 0.0869 e. The first kappa shape index (κ1) is 17.0. The largest absolute Gasteiger partial charge is 0.310 e. The minimum Gasteiger partial charge on any atom is -0.310 e. The third kappa shape index (κ3) is 3.08. The van der Waals surface area contributed by atoms with Crippen molar-refractivity contribution >= 4 is 28.5 Å². The maximum absolute atomic E-state index is 8.31. The van der Waals surface area contributed by atoms with E-state index < -0.39 is 0 Å². The molecule has 0 saturated carbocycles. The van der Waals surface area contributed by atoms with Crippen molar-refractivity contribution in [3.63, 3.8) is 0 Å². The zero-order valence-electron chi connectivity index (χ0n) is 15.5. The fourth-order valence-corrected chi connectivity index (χ4v) is 3.36. The number of fused-ring (bicyclic) bond motifs is 1. The van der Waals surface area contributed by atoms with E-state index in [4.69, 9.17) is 10.8 Å². The number of aryl methyl sites for hydroxylation is 2. The van der Waals surface area contributed by atoms with Crippen molar-refractivity contribution in [2.24, 2.45) is 0 Å². The molecule has 0 fully saturated rings. The summed E-state index contributed by atoms with van der Waals surface area (Å²) in [6.45, 7) is 4.15. The first-order valence-corrected chi connectivity index (χ1v) is 8.97. The highest BCUT2D eigenvalue weighted by Gasteiger charge is 2.25. The van der Waals surface area contributed by atoms with Gasteiger partial charge in [-0.3, -0.25) is 10.8 Å². The third-order valence-corrected chi connectivity index (χ3v) is 4.85. The van der Waals surface area contributed by atoms with Gasteiger partial charge in [-0.1, -0.05) is 59.7 Å². The van der Waals surface area contributed by atoms with E-state index in [0.717, 1.165) is 28.2 Å². The van der Waals surface area contributed by atoms with Crippen molar-refractivity contribution in [2.75, 3.05) is 4.90 Å². The van der Waals surface area contributed by atoms with Crippen LogP contribution in [0, 0.1) is 24.7 Å². The molecule has 27 heavy (non-hydrogen) atoms. The maximum atomic E-state index is 8.31. The van der Waals surface area contributed by atoms with Gasteiger partial charge >= 0.3 is 0 Å². The molecular formula is C24H21N3. The van der Waals surface area contributed by atoms with Crippen LogP contribution in [-0.2, 0) is 0 Å². The van der Waals surface area contributed by atoms with Crippen LogP contribution >= 0.6 is 0 Å². The molecule has 2 N–H and O–H groups in total. The van der Waals surface area contributed by atoms with Crippen molar-refractivity contribution in [3.8, 4) is 0 Å². The number of nitrogens with one attached hydrogen (secondary N) is 2. The number of benzene rings is 3. The summed E-state index contributed by atoms with van der Waals surface area (Å²) in [4.78, 5) is 2.17. The van der Waals surface area contributed by atoms with Crippen LogP contribution in [0.15, 0.2) is 78.9 Å². The van der Waals surface area contributed by atoms with E-state index in [1.54, 1.807) is 6.08 Å². The highest BCUT2D eigenvalue weighted by molar-refractivity contribution is 6.53. The number of hydrogen-bond acceptors (Lipinski definition) is 3. The van der Waals surface area contributed by atoms with Gasteiger partial charge in [0.15, 0.2) is 0 Å². The second-order valence-electron chi connectivity index (χ2n) is 6.87. The summed E-state index contributed by atoms with van der Waals surface area (Å²) in [6.07, 6.45) is 1.80. The number of rotatable bonds is 3. The summed E-state index contributed by atoms with van der Waals surface area (Å²) in [5.41, 5.74) is 7.65. The quantitative estimate of drug-likeness (QED) is 0.608. The van der Waals surface area contributed by atoms with Crippen LogP contribution in [0.4, 0.5) is 11.4 Å². The summed E-state index contributed by atoms with van der Waals surface area (Å²) < 4.78 is 0. The van der Waals surface area contributed by atoms with Crippen LogP contribution in [0.25, 0.3) is 5.70 Å². The van der Waals surface area contributed by atoms with Crippen molar-refractivity contribution in [2.45, 2.75) is 13.8 Å². The number of anilines is 2. The molecule has 1 aliphatic rings. The van der Waals surface area contributed by atoms with E-state index in [0.29, 0.717) is 0 Å². The molecule has 0 unspecified atom stereocenters. The number of allylic oxidation sites excluding steroid dienone is 1. The lowest BCUT2D eigenvalue weighted by Crippen LogP contribution is -2.25. The van der Waals surface area contributed by atoms with Gasteiger partial charge in [-0.05, 0) is 44.2 Å².